The lowest BCUT2D eigenvalue weighted by molar-refractivity contribution is 0.545. The molecule has 134 valence electrons. The predicted molar refractivity (Wildman–Crippen MR) is 103 cm³/mol. The first-order valence-corrected chi connectivity index (χ1v) is 8.61. The van der Waals surface area contributed by atoms with Gasteiger partial charge in [0.2, 0.25) is 0 Å². The van der Waals surface area contributed by atoms with Crippen LogP contribution in [0.25, 0.3) is 11.0 Å². The Balaban J connectivity index is 1.85. The molecule has 2 N–H and O–H groups in total. The van der Waals surface area contributed by atoms with Gasteiger partial charge < -0.3 is 15.1 Å². The van der Waals surface area contributed by atoms with Crippen LogP contribution in [0.1, 0.15) is 38.5 Å². The molecule has 2 aromatic carbocycles. The minimum Gasteiger partial charge on any atom is -0.458 e. The summed E-state index contributed by atoms with van der Waals surface area (Å²) in [4.78, 5) is 23.8. The van der Waals surface area contributed by atoms with E-state index in [9.17, 15) is 9.59 Å². The number of benzene rings is 1. The van der Waals surface area contributed by atoms with Gasteiger partial charge in [-0.25, -0.2) is 0 Å². The van der Waals surface area contributed by atoms with Crippen molar-refractivity contribution in [2.75, 3.05) is 10.6 Å². The van der Waals surface area contributed by atoms with Gasteiger partial charge >= 0.3 is 0 Å². The molecule has 0 aliphatic heterocycles. The molecular weight excluding hydrogens is 354 g/mol. The summed E-state index contributed by atoms with van der Waals surface area (Å²) in [5.41, 5.74) is 0.189. The van der Waals surface area contributed by atoms with Crippen LogP contribution in [0.4, 0.5) is 11.4 Å². The minimum absolute atomic E-state index is 0.154. The Labute approximate surface area is 155 Å². The molecular formula is C19H18ClN3O3. The van der Waals surface area contributed by atoms with Gasteiger partial charge in [0.15, 0.2) is 0 Å². The highest BCUT2D eigenvalue weighted by molar-refractivity contribution is 6.36. The Hall–Kier alpha value is -2.78. The molecule has 26 heavy (non-hydrogen) atoms. The van der Waals surface area contributed by atoms with Crippen molar-refractivity contribution in [2.45, 2.75) is 39.3 Å². The first kappa shape index (κ1) is 18.0. The van der Waals surface area contributed by atoms with Crippen LogP contribution in [-0.4, -0.2) is 5.54 Å². The van der Waals surface area contributed by atoms with Crippen molar-refractivity contribution in [2.24, 2.45) is 0 Å². The van der Waals surface area contributed by atoms with Gasteiger partial charge in [0, 0.05) is 10.9 Å². The van der Waals surface area contributed by atoms with E-state index in [2.05, 4.69) is 16.7 Å². The molecule has 0 amide bonds. The molecule has 7 heteroatoms. The molecule has 0 saturated heterocycles. The SMILES string of the molecule is CCC(C)(C)Nc1c(NCc2oc3ccc(C#N)cc3c2Cl)c(=O)c1=O. The summed E-state index contributed by atoms with van der Waals surface area (Å²) < 4.78 is 5.69. The van der Waals surface area contributed by atoms with Crippen molar-refractivity contribution in [1.82, 2.24) is 0 Å². The number of furan rings is 1. The van der Waals surface area contributed by atoms with Crippen LogP contribution < -0.4 is 21.5 Å². The second-order valence-electron chi connectivity index (χ2n) is 6.79. The van der Waals surface area contributed by atoms with Crippen molar-refractivity contribution >= 4 is 33.9 Å². The number of fused-ring (bicyclic) bond motifs is 1. The summed E-state index contributed by atoms with van der Waals surface area (Å²) in [6.07, 6.45) is 0.794. The van der Waals surface area contributed by atoms with Crippen molar-refractivity contribution in [3.8, 4) is 6.07 Å². The Morgan fingerprint density at radius 1 is 1.23 bits per heavy atom. The van der Waals surface area contributed by atoms with E-state index in [1.165, 1.54) is 0 Å². The first-order valence-electron chi connectivity index (χ1n) is 8.23. The fourth-order valence-corrected chi connectivity index (χ4v) is 2.83. The van der Waals surface area contributed by atoms with Crippen LogP contribution in [0.2, 0.25) is 5.02 Å². The Morgan fingerprint density at radius 3 is 2.58 bits per heavy atom. The van der Waals surface area contributed by atoms with Crippen LogP contribution in [0, 0.1) is 11.3 Å². The van der Waals surface area contributed by atoms with E-state index in [1.54, 1.807) is 18.2 Å². The molecule has 6 nitrogen and oxygen atoms in total. The molecule has 0 saturated carbocycles. The zero-order chi connectivity index (χ0) is 19.1. The summed E-state index contributed by atoms with van der Waals surface area (Å²) >= 11 is 6.33. The van der Waals surface area contributed by atoms with Crippen LogP contribution in [0.3, 0.4) is 0 Å². The fourth-order valence-electron chi connectivity index (χ4n) is 2.58. The van der Waals surface area contributed by atoms with Crippen LogP contribution in [0.15, 0.2) is 32.2 Å². The number of hydrogen-bond acceptors (Lipinski definition) is 6. The lowest BCUT2D eigenvalue weighted by Gasteiger charge is -2.27. The average Bonchev–Trinajstić information content (AvgIpc) is 2.95. The van der Waals surface area contributed by atoms with Gasteiger partial charge in [-0.05, 0) is 38.5 Å². The smallest absolute Gasteiger partial charge is 0.253 e. The molecule has 0 bridgehead atoms. The third-order valence-electron chi connectivity index (χ3n) is 4.51. The standard InChI is InChI=1S/C19H18ClN3O3/c1-4-19(2,3)23-16-15(17(24)18(16)25)22-9-13-14(20)11-7-10(8-21)5-6-12(11)26-13/h5-7,22-23H,4,9H2,1-3H3. The molecule has 1 aromatic heterocycles. The fraction of sp³-hybridized carbons (Fsp3) is 0.316. The normalized spacial score (nSPS) is 11.7. The van der Waals surface area contributed by atoms with Crippen LogP contribution in [-0.2, 0) is 6.54 Å². The Kier molecular flexibility index (Phi) is 4.51. The molecule has 3 rings (SSSR count). The minimum atomic E-state index is -0.557. The lowest BCUT2D eigenvalue weighted by atomic mass is 10.0. The van der Waals surface area contributed by atoms with Gasteiger partial charge in [-0.3, -0.25) is 9.59 Å². The molecule has 0 fully saturated rings. The second-order valence-corrected chi connectivity index (χ2v) is 7.16. The number of halogens is 1. The number of nitriles is 1. The molecule has 1 heterocycles. The van der Waals surface area contributed by atoms with Crippen molar-refractivity contribution in [3.05, 3.63) is 55.0 Å². The van der Waals surface area contributed by atoms with E-state index >= 15 is 0 Å². The second kappa shape index (κ2) is 6.50. The van der Waals surface area contributed by atoms with Crippen molar-refractivity contribution in [1.29, 1.82) is 5.26 Å². The van der Waals surface area contributed by atoms with E-state index in [0.29, 0.717) is 33.0 Å². The number of nitrogens with zero attached hydrogens (tertiary/aromatic N) is 1. The summed E-state index contributed by atoms with van der Waals surface area (Å²) in [6, 6.07) is 7.03. The van der Waals surface area contributed by atoms with E-state index < -0.39 is 10.9 Å². The molecule has 3 aromatic rings. The quantitative estimate of drug-likeness (QED) is 0.640. The summed E-state index contributed by atoms with van der Waals surface area (Å²) in [5.74, 6) is 0.436. The molecule has 0 atom stereocenters. The van der Waals surface area contributed by atoms with Crippen LogP contribution in [0.5, 0.6) is 0 Å². The number of hydrogen-bond donors (Lipinski definition) is 2. The van der Waals surface area contributed by atoms with Gasteiger partial charge in [-0.2, -0.15) is 5.26 Å². The maximum absolute atomic E-state index is 11.9. The van der Waals surface area contributed by atoms with Gasteiger partial charge in [0.05, 0.1) is 23.2 Å². The van der Waals surface area contributed by atoms with E-state index in [0.717, 1.165) is 6.42 Å². The highest BCUT2D eigenvalue weighted by atomic mass is 35.5. The van der Waals surface area contributed by atoms with Gasteiger partial charge in [-0.1, -0.05) is 18.5 Å². The maximum Gasteiger partial charge on any atom is 0.253 e. The summed E-state index contributed by atoms with van der Waals surface area (Å²) in [6.45, 7) is 6.06. The number of rotatable bonds is 6. The molecule has 0 unspecified atom stereocenters. The van der Waals surface area contributed by atoms with Crippen molar-refractivity contribution in [3.63, 3.8) is 0 Å². The monoisotopic (exact) mass is 371 g/mol. The largest absolute Gasteiger partial charge is 0.458 e. The molecule has 0 aliphatic carbocycles. The average molecular weight is 372 g/mol. The zero-order valence-electron chi connectivity index (χ0n) is 14.7. The molecule has 0 radical (unpaired) electrons. The highest BCUT2D eigenvalue weighted by Crippen LogP contribution is 2.32. The highest BCUT2D eigenvalue weighted by Gasteiger charge is 2.26. The number of anilines is 2. The lowest BCUT2D eigenvalue weighted by Crippen LogP contribution is -2.42. The van der Waals surface area contributed by atoms with Gasteiger partial charge in [0.1, 0.15) is 22.7 Å². The maximum atomic E-state index is 11.9. The van der Waals surface area contributed by atoms with Crippen LogP contribution >= 0.6 is 11.6 Å². The van der Waals surface area contributed by atoms with Gasteiger partial charge in [-0.15, -0.1) is 0 Å². The summed E-state index contributed by atoms with van der Waals surface area (Å²) in [7, 11) is 0. The molecule has 0 spiro atoms. The van der Waals surface area contributed by atoms with E-state index in [1.807, 2.05) is 20.8 Å². The van der Waals surface area contributed by atoms with E-state index in [-0.39, 0.29) is 17.8 Å². The molecule has 0 aliphatic rings. The van der Waals surface area contributed by atoms with E-state index in [4.69, 9.17) is 21.3 Å². The Morgan fingerprint density at radius 2 is 1.92 bits per heavy atom. The van der Waals surface area contributed by atoms with Gasteiger partial charge in [0.25, 0.3) is 10.9 Å². The predicted octanol–water partition coefficient (Wildman–Crippen LogP) is 3.77. The summed E-state index contributed by atoms with van der Waals surface area (Å²) in [5, 5.41) is 16.1. The topological polar surface area (TPSA) is 95.1 Å². The zero-order valence-corrected chi connectivity index (χ0v) is 15.5. The number of nitrogens with one attached hydrogen (secondary N) is 2. The third-order valence-corrected chi connectivity index (χ3v) is 4.92. The Bertz CT molecular complexity index is 1100. The third kappa shape index (κ3) is 3.06. The van der Waals surface area contributed by atoms with Crippen molar-refractivity contribution < 1.29 is 4.42 Å². The first-order chi connectivity index (χ1) is 12.3.